The van der Waals surface area contributed by atoms with E-state index in [1.807, 2.05) is 14.1 Å². The van der Waals surface area contributed by atoms with E-state index in [2.05, 4.69) is 77.6 Å². The summed E-state index contributed by atoms with van der Waals surface area (Å²) in [4.78, 5) is 2.09. The average molecular weight is 285 g/mol. The molecule has 22 heavy (non-hydrogen) atoms. The number of anilines is 1. The smallest absolute Gasteiger partial charge is 0.0699 e. The van der Waals surface area contributed by atoms with E-state index in [4.69, 9.17) is 6.42 Å². The first-order valence-corrected chi connectivity index (χ1v) is 7.41. The molecule has 0 aliphatic rings. The second-order valence-electron chi connectivity index (χ2n) is 5.69. The zero-order chi connectivity index (χ0) is 15.5. The van der Waals surface area contributed by atoms with Crippen LogP contribution in [0.1, 0.15) is 17.0 Å². The molecule has 0 saturated carbocycles. The Morgan fingerprint density at radius 3 is 2.09 bits per heavy atom. The number of hydrogen-bond acceptors (Lipinski definition) is 1. The minimum atomic E-state index is -0.0131. The van der Waals surface area contributed by atoms with Gasteiger partial charge in [0.05, 0.1) is 5.92 Å². The molecule has 1 nitrogen and oxygen atoms in total. The van der Waals surface area contributed by atoms with Crippen LogP contribution in [0.5, 0.6) is 0 Å². The summed E-state index contributed by atoms with van der Waals surface area (Å²) in [6.07, 6.45) is 5.82. The lowest BCUT2D eigenvalue weighted by atomic mass is 9.90. The largest absolute Gasteiger partial charge is 0.378 e. The second kappa shape index (κ2) is 5.95. The van der Waals surface area contributed by atoms with Crippen LogP contribution in [0.15, 0.2) is 66.7 Å². The molecule has 0 N–H and O–H groups in total. The van der Waals surface area contributed by atoms with Crippen LogP contribution in [0.2, 0.25) is 0 Å². The van der Waals surface area contributed by atoms with Gasteiger partial charge in [0, 0.05) is 19.8 Å². The Morgan fingerprint density at radius 2 is 1.45 bits per heavy atom. The lowest BCUT2D eigenvalue weighted by molar-refractivity contribution is 1.06. The van der Waals surface area contributed by atoms with Gasteiger partial charge >= 0.3 is 0 Å². The Morgan fingerprint density at radius 1 is 0.818 bits per heavy atom. The van der Waals surface area contributed by atoms with E-state index in [9.17, 15) is 0 Å². The van der Waals surface area contributed by atoms with Gasteiger partial charge in [0.15, 0.2) is 0 Å². The van der Waals surface area contributed by atoms with Crippen LogP contribution in [-0.2, 0) is 0 Å². The van der Waals surface area contributed by atoms with Gasteiger partial charge in [-0.25, -0.2) is 0 Å². The number of fused-ring (bicyclic) bond motifs is 1. The van der Waals surface area contributed by atoms with E-state index < -0.39 is 0 Å². The van der Waals surface area contributed by atoms with Crippen LogP contribution >= 0.6 is 0 Å². The zero-order valence-electron chi connectivity index (χ0n) is 13.0. The van der Waals surface area contributed by atoms with Crippen LogP contribution in [0.4, 0.5) is 5.69 Å². The fourth-order valence-corrected chi connectivity index (χ4v) is 2.74. The highest BCUT2D eigenvalue weighted by Gasteiger charge is 2.12. The fraction of sp³-hybridized carbons (Fsp3) is 0.143. The quantitative estimate of drug-likeness (QED) is 0.632. The van der Waals surface area contributed by atoms with Crippen molar-refractivity contribution in [3.8, 4) is 12.3 Å². The summed E-state index contributed by atoms with van der Waals surface area (Å²) in [6.45, 7) is 0. The Labute approximate surface area is 132 Å². The summed E-state index contributed by atoms with van der Waals surface area (Å²) in [5.41, 5.74) is 3.50. The van der Waals surface area contributed by atoms with Gasteiger partial charge in [-0.15, -0.1) is 6.42 Å². The molecule has 0 aromatic heterocycles. The van der Waals surface area contributed by atoms with Crippen molar-refractivity contribution in [3.63, 3.8) is 0 Å². The molecule has 0 aliphatic carbocycles. The summed E-state index contributed by atoms with van der Waals surface area (Å²) < 4.78 is 0. The summed E-state index contributed by atoms with van der Waals surface area (Å²) in [5.74, 6) is 2.92. The van der Waals surface area contributed by atoms with Gasteiger partial charge in [-0.1, -0.05) is 54.5 Å². The minimum Gasteiger partial charge on any atom is -0.378 e. The average Bonchev–Trinajstić information content (AvgIpc) is 2.56. The monoisotopic (exact) mass is 285 g/mol. The topological polar surface area (TPSA) is 3.24 Å². The van der Waals surface area contributed by atoms with E-state index in [-0.39, 0.29) is 5.92 Å². The number of hydrogen-bond donors (Lipinski definition) is 0. The van der Waals surface area contributed by atoms with Gasteiger partial charge in [-0.2, -0.15) is 0 Å². The Balaban J connectivity index is 2.00. The van der Waals surface area contributed by atoms with Crippen LogP contribution in [0.25, 0.3) is 10.8 Å². The third-order valence-corrected chi connectivity index (χ3v) is 4.02. The molecule has 0 aliphatic heterocycles. The predicted molar refractivity (Wildman–Crippen MR) is 95.4 cm³/mol. The van der Waals surface area contributed by atoms with E-state index in [0.29, 0.717) is 0 Å². The number of nitrogens with zero attached hydrogens (tertiary/aromatic N) is 1. The van der Waals surface area contributed by atoms with Crippen LogP contribution in [0, 0.1) is 12.3 Å². The van der Waals surface area contributed by atoms with Crippen molar-refractivity contribution in [2.24, 2.45) is 0 Å². The molecule has 3 rings (SSSR count). The van der Waals surface area contributed by atoms with E-state index in [1.165, 1.54) is 22.0 Å². The maximum absolute atomic E-state index is 5.82. The van der Waals surface area contributed by atoms with Gasteiger partial charge in [0.25, 0.3) is 0 Å². The standard InChI is InChI=1S/C21H19N/c1-4-21(17-11-13-20(14-12-17)22(2)3)19-10-9-16-7-5-6-8-18(16)15-19/h1,5-15,21H,2-3H3. The number of rotatable bonds is 3. The molecule has 0 radical (unpaired) electrons. The molecule has 1 unspecified atom stereocenters. The molecule has 0 amide bonds. The molecule has 0 saturated heterocycles. The van der Waals surface area contributed by atoms with Crippen molar-refractivity contribution in [1.29, 1.82) is 0 Å². The Kier molecular flexibility index (Phi) is 3.85. The highest BCUT2D eigenvalue weighted by molar-refractivity contribution is 5.83. The fourth-order valence-electron chi connectivity index (χ4n) is 2.74. The lowest BCUT2D eigenvalue weighted by Crippen LogP contribution is -2.08. The Bertz CT molecular complexity index is 822. The molecule has 1 atom stereocenters. The van der Waals surface area contributed by atoms with Crippen molar-refractivity contribution in [1.82, 2.24) is 0 Å². The van der Waals surface area contributed by atoms with Crippen molar-refractivity contribution in [3.05, 3.63) is 77.9 Å². The van der Waals surface area contributed by atoms with Crippen molar-refractivity contribution in [2.45, 2.75) is 5.92 Å². The Hall–Kier alpha value is -2.72. The summed E-state index contributed by atoms with van der Waals surface area (Å²) in [7, 11) is 4.08. The highest BCUT2D eigenvalue weighted by Crippen LogP contribution is 2.28. The molecule has 0 heterocycles. The van der Waals surface area contributed by atoms with Gasteiger partial charge in [0.2, 0.25) is 0 Å². The SMILES string of the molecule is C#CC(c1ccc(N(C)C)cc1)c1ccc2ccccc2c1. The lowest BCUT2D eigenvalue weighted by Gasteiger charge is -2.16. The molecule has 3 aromatic carbocycles. The third-order valence-electron chi connectivity index (χ3n) is 4.02. The van der Waals surface area contributed by atoms with Crippen LogP contribution in [0.3, 0.4) is 0 Å². The van der Waals surface area contributed by atoms with Crippen molar-refractivity contribution in [2.75, 3.05) is 19.0 Å². The first-order valence-electron chi connectivity index (χ1n) is 7.41. The molecule has 0 fully saturated rings. The zero-order valence-corrected chi connectivity index (χ0v) is 13.0. The highest BCUT2D eigenvalue weighted by atomic mass is 15.1. The first-order chi connectivity index (χ1) is 10.7. The molecule has 0 bridgehead atoms. The van der Waals surface area contributed by atoms with Gasteiger partial charge in [0.1, 0.15) is 0 Å². The minimum absolute atomic E-state index is 0.0131. The molecular weight excluding hydrogens is 266 g/mol. The molecule has 1 heteroatoms. The summed E-state index contributed by atoms with van der Waals surface area (Å²) in [6, 6.07) is 23.3. The normalized spacial score (nSPS) is 11.9. The molecule has 108 valence electrons. The van der Waals surface area contributed by atoms with E-state index in [0.717, 1.165) is 5.56 Å². The van der Waals surface area contributed by atoms with Crippen molar-refractivity contribution >= 4 is 16.5 Å². The number of benzene rings is 3. The third kappa shape index (κ3) is 2.69. The second-order valence-corrected chi connectivity index (χ2v) is 5.69. The molecular formula is C21H19N. The van der Waals surface area contributed by atoms with E-state index >= 15 is 0 Å². The first kappa shape index (κ1) is 14.2. The van der Waals surface area contributed by atoms with Gasteiger partial charge < -0.3 is 4.90 Å². The molecule has 0 spiro atoms. The number of terminal acetylenes is 1. The predicted octanol–water partition coefficient (Wildman–Crippen LogP) is 4.67. The summed E-state index contributed by atoms with van der Waals surface area (Å²) >= 11 is 0. The molecule has 3 aromatic rings. The maximum atomic E-state index is 5.82. The maximum Gasteiger partial charge on any atom is 0.0699 e. The van der Waals surface area contributed by atoms with Crippen molar-refractivity contribution < 1.29 is 0 Å². The van der Waals surface area contributed by atoms with Crippen LogP contribution in [-0.4, -0.2) is 14.1 Å². The van der Waals surface area contributed by atoms with E-state index in [1.54, 1.807) is 0 Å². The van der Waals surface area contributed by atoms with Gasteiger partial charge in [-0.3, -0.25) is 0 Å². The van der Waals surface area contributed by atoms with Crippen LogP contribution < -0.4 is 4.90 Å². The van der Waals surface area contributed by atoms with Gasteiger partial charge in [-0.05, 0) is 40.1 Å². The summed E-state index contributed by atoms with van der Waals surface area (Å²) in [5, 5.41) is 2.47.